The van der Waals surface area contributed by atoms with Crippen molar-refractivity contribution in [2.45, 2.75) is 26.4 Å². The molecule has 0 saturated heterocycles. The van der Waals surface area contributed by atoms with Crippen LogP contribution >= 0.6 is 0 Å². The van der Waals surface area contributed by atoms with Crippen molar-refractivity contribution in [3.05, 3.63) is 58.8 Å². The third-order valence-corrected chi connectivity index (χ3v) is 3.49. The maximum Gasteiger partial charge on any atom is 0.506 e. The summed E-state index contributed by atoms with van der Waals surface area (Å²) in [7, 11) is 1.51. The van der Waals surface area contributed by atoms with Crippen LogP contribution in [0.5, 0.6) is 5.88 Å². The lowest BCUT2D eigenvalue weighted by Crippen LogP contribution is -2.13. The summed E-state index contributed by atoms with van der Waals surface area (Å²) in [6, 6.07) is 11.1. The minimum atomic E-state index is -1.34. The van der Waals surface area contributed by atoms with E-state index in [0.717, 1.165) is 23.2 Å². The van der Waals surface area contributed by atoms with Crippen molar-refractivity contribution in [3.8, 4) is 5.88 Å². The molecule has 22 heavy (non-hydrogen) atoms. The SMILES string of the molecule is CCc1cc(C(OC(=O)O)c2ccccc2)c(OC)nc1C. The fourth-order valence-electron chi connectivity index (χ4n) is 2.39. The van der Waals surface area contributed by atoms with Gasteiger partial charge in [-0.05, 0) is 30.5 Å². The largest absolute Gasteiger partial charge is 0.506 e. The molecule has 5 nitrogen and oxygen atoms in total. The van der Waals surface area contributed by atoms with E-state index in [1.54, 1.807) is 0 Å². The van der Waals surface area contributed by atoms with Crippen molar-refractivity contribution in [2.75, 3.05) is 7.11 Å². The number of ether oxygens (including phenoxy) is 2. The Kier molecular flexibility index (Phi) is 4.99. The number of pyridine rings is 1. The topological polar surface area (TPSA) is 68.7 Å². The van der Waals surface area contributed by atoms with E-state index in [0.29, 0.717) is 11.4 Å². The van der Waals surface area contributed by atoms with Gasteiger partial charge in [0.1, 0.15) is 0 Å². The third-order valence-electron chi connectivity index (χ3n) is 3.49. The highest BCUT2D eigenvalue weighted by Crippen LogP contribution is 2.33. The molecule has 0 fully saturated rings. The Bertz CT molecular complexity index is 655. The molecule has 1 unspecified atom stereocenters. The molecular weight excluding hydrogens is 282 g/mol. The zero-order valence-corrected chi connectivity index (χ0v) is 12.9. The molecule has 0 aliphatic rings. The smallest absolute Gasteiger partial charge is 0.481 e. The number of methoxy groups -OCH3 is 1. The molecule has 0 bridgehead atoms. The number of rotatable bonds is 5. The predicted octanol–water partition coefficient (Wildman–Crippen LogP) is 3.75. The number of hydrogen-bond donors (Lipinski definition) is 1. The average Bonchev–Trinajstić information content (AvgIpc) is 2.53. The average molecular weight is 301 g/mol. The summed E-state index contributed by atoms with van der Waals surface area (Å²) in [6.45, 7) is 3.93. The normalized spacial score (nSPS) is 11.8. The quantitative estimate of drug-likeness (QED) is 0.852. The highest BCUT2D eigenvalue weighted by molar-refractivity contribution is 5.58. The highest BCUT2D eigenvalue weighted by Gasteiger charge is 2.24. The molecule has 2 rings (SSSR count). The zero-order valence-electron chi connectivity index (χ0n) is 12.9. The molecule has 0 amide bonds. The molecule has 1 heterocycles. The number of carboxylic acid groups (broad SMARTS) is 1. The summed E-state index contributed by atoms with van der Waals surface area (Å²) < 4.78 is 10.4. The summed E-state index contributed by atoms with van der Waals surface area (Å²) in [5.74, 6) is 0.379. The second-order valence-electron chi connectivity index (χ2n) is 4.86. The molecule has 1 aromatic carbocycles. The van der Waals surface area contributed by atoms with Crippen LogP contribution in [-0.4, -0.2) is 23.4 Å². The molecule has 116 valence electrons. The van der Waals surface area contributed by atoms with Gasteiger partial charge in [0.2, 0.25) is 5.88 Å². The van der Waals surface area contributed by atoms with Crippen LogP contribution in [0.3, 0.4) is 0 Å². The number of nitrogens with zero attached hydrogens (tertiary/aromatic N) is 1. The number of hydrogen-bond acceptors (Lipinski definition) is 4. The predicted molar refractivity (Wildman–Crippen MR) is 82.3 cm³/mol. The Balaban J connectivity index is 2.58. The van der Waals surface area contributed by atoms with Crippen LogP contribution in [0.1, 0.15) is 35.4 Å². The van der Waals surface area contributed by atoms with Gasteiger partial charge in [-0.15, -0.1) is 0 Å². The fourth-order valence-corrected chi connectivity index (χ4v) is 2.39. The number of carbonyl (C=O) groups is 1. The van der Waals surface area contributed by atoms with E-state index >= 15 is 0 Å². The minimum Gasteiger partial charge on any atom is -0.481 e. The second-order valence-corrected chi connectivity index (χ2v) is 4.86. The van der Waals surface area contributed by atoms with Crippen LogP contribution in [0, 0.1) is 6.92 Å². The fraction of sp³-hybridized carbons (Fsp3) is 0.294. The van der Waals surface area contributed by atoms with Crippen molar-refractivity contribution in [2.24, 2.45) is 0 Å². The lowest BCUT2D eigenvalue weighted by atomic mass is 9.99. The molecule has 0 aliphatic carbocycles. The van der Waals surface area contributed by atoms with Crippen molar-refractivity contribution in [1.29, 1.82) is 0 Å². The first-order chi connectivity index (χ1) is 10.6. The van der Waals surface area contributed by atoms with Crippen molar-refractivity contribution in [1.82, 2.24) is 4.98 Å². The summed E-state index contributed by atoms with van der Waals surface area (Å²) in [5, 5.41) is 9.07. The van der Waals surface area contributed by atoms with Gasteiger partial charge in [-0.2, -0.15) is 0 Å². The van der Waals surface area contributed by atoms with E-state index in [1.165, 1.54) is 7.11 Å². The maximum atomic E-state index is 11.1. The maximum absolute atomic E-state index is 11.1. The Morgan fingerprint density at radius 3 is 2.55 bits per heavy atom. The molecule has 5 heteroatoms. The minimum absolute atomic E-state index is 0.379. The van der Waals surface area contributed by atoms with E-state index in [1.807, 2.05) is 50.2 Å². The Labute approximate surface area is 129 Å². The summed E-state index contributed by atoms with van der Waals surface area (Å²) in [6.07, 6.45) is -1.31. The Morgan fingerprint density at radius 1 is 1.32 bits per heavy atom. The molecule has 1 atom stereocenters. The summed E-state index contributed by atoms with van der Waals surface area (Å²) in [5.41, 5.74) is 3.24. The standard InChI is InChI=1S/C17H19NO4/c1-4-12-10-14(16(21-3)18-11(12)2)15(22-17(19)20)13-8-6-5-7-9-13/h5-10,15H,4H2,1-3H3,(H,19,20). The van der Waals surface area contributed by atoms with Gasteiger partial charge >= 0.3 is 6.16 Å². The lowest BCUT2D eigenvalue weighted by Gasteiger charge is -2.20. The van der Waals surface area contributed by atoms with Gasteiger partial charge in [0, 0.05) is 5.69 Å². The van der Waals surface area contributed by atoms with Gasteiger partial charge in [0.25, 0.3) is 0 Å². The van der Waals surface area contributed by atoms with E-state index in [2.05, 4.69) is 4.98 Å². The monoisotopic (exact) mass is 301 g/mol. The molecule has 0 aliphatic heterocycles. The molecule has 1 N–H and O–H groups in total. The van der Waals surface area contributed by atoms with Crippen LogP contribution < -0.4 is 4.74 Å². The molecule has 2 aromatic rings. The van der Waals surface area contributed by atoms with E-state index in [9.17, 15) is 4.79 Å². The van der Waals surface area contributed by atoms with Gasteiger partial charge in [0.15, 0.2) is 6.10 Å². The first-order valence-corrected chi connectivity index (χ1v) is 7.05. The van der Waals surface area contributed by atoms with Gasteiger partial charge in [-0.1, -0.05) is 37.3 Å². The van der Waals surface area contributed by atoms with Crippen molar-refractivity contribution >= 4 is 6.16 Å². The molecule has 0 radical (unpaired) electrons. The summed E-state index contributed by atoms with van der Waals surface area (Å²) in [4.78, 5) is 15.5. The van der Waals surface area contributed by atoms with Crippen molar-refractivity contribution in [3.63, 3.8) is 0 Å². The third kappa shape index (κ3) is 3.36. The van der Waals surface area contributed by atoms with Crippen LogP contribution in [0.4, 0.5) is 4.79 Å². The number of benzene rings is 1. The zero-order chi connectivity index (χ0) is 16.1. The van der Waals surface area contributed by atoms with Gasteiger partial charge in [0.05, 0.1) is 12.7 Å². The highest BCUT2D eigenvalue weighted by atomic mass is 16.7. The van der Waals surface area contributed by atoms with Gasteiger partial charge in [-0.25, -0.2) is 9.78 Å². The molecule has 0 saturated carbocycles. The number of aromatic nitrogens is 1. The van der Waals surface area contributed by atoms with Crippen LogP contribution in [0.2, 0.25) is 0 Å². The number of aryl methyl sites for hydroxylation is 2. The van der Waals surface area contributed by atoms with Crippen LogP contribution in [0.15, 0.2) is 36.4 Å². The summed E-state index contributed by atoms with van der Waals surface area (Å²) >= 11 is 0. The molecule has 1 aromatic heterocycles. The van der Waals surface area contributed by atoms with Crippen LogP contribution in [-0.2, 0) is 11.2 Å². The Morgan fingerprint density at radius 2 is 2.00 bits per heavy atom. The van der Waals surface area contributed by atoms with E-state index in [-0.39, 0.29) is 0 Å². The lowest BCUT2D eigenvalue weighted by molar-refractivity contribution is 0.0652. The molecular formula is C17H19NO4. The van der Waals surface area contributed by atoms with Crippen molar-refractivity contribution < 1.29 is 19.4 Å². The van der Waals surface area contributed by atoms with E-state index < -0.39 is 12.3 Å². The Hall–Kier alpha value is -2.56. The van der Waals surface area contributed by atoms with E-state index in [4.69, 9.17) is 14.6 Å². The first kappa shape index (κ1) is 15.8. The molecule has 0 spiro atoms. The van der Waals surface area contributed by atoms with Gasteiger partial charge < -0.3 is 14.6 Å². The van der Waals surface area contributed by atoms with Crippen LogP contribution in [0.25, 0.3) is 0 Å². The van der Waals surface area contributed by atoms with Gasteiger partial charge in [-0.3, -0.25) is 0 Å². The first-order valence-electron chi connectivity index (χ1n) is 7.05. The second kappa shape index (κ2) is 6.93.